The predicted molar refractivity (Wildman–Crippen MR) is 93.6 cm³/mol. The van der Waals surface area contributed by atoms with E-state index in [2.05, 4.69) is 27.5 Å². The number of imide groups is 1. The van der Waals surface area contributed by atoms with E-state index in [-0.39, 0.29) is 21.4 Å². The molecule has 2 aromatic rings. The summed E-state index contributed by atoms with van der Waals surface area (Å²) in [5.41, 5.74) is 0.888. The highest BCUT2D eigenvalue weighted by molar-refractivity contribution is 6.40. The first-order chi connectivity index (χ1) is 11.5. The number of unbranched alkanes of at least 4 members (excludes halogenated alkanes) is 1. The van der Waals surface area contributed by atoms with Gasteiger partial charge in [-0.1, -0.05) is 42.6 Å². The van der Waals surface area contributed by atoms with Gasteiger partial charge in [0, 0.05) is 0 Å². The first-order valence-electron chi connectivity index (χ1n) is 7.38. The van der Waals surface area contributed by atoms with Crippen LogP contribution in [-0.2, 0) is 6.42 Å². The highest BCUT2D eigenvalue weighted by Crippen LogP contribution is 2.23. The number of rotatable bonds is 5. The van der Waals surface area contributed by atoms with Crippen LogP contribution in [0.5, 0.6) is 0 Å². The quantitative estimate of drug-likeness (QED) is 0.834. The lowest BCUT2D eigenvalue weighted by molar-refractivity contribution is 0.0967. The number of nitrogens with one attached hydrogen (secondary N) is 2. The number of aromatic nitrogens is 2. The normalized spacial score (nSPS) is 10.3. The molecule has 0 fully saturated rings. The molecule has 6 nitrogen and oxygen atoms in total. The SMILES string of the molecule is CCCCc1cnc(NC(=O)NC(=O)c2c(Cl)cccc2Cl)cn1. The van der Waals surface area contributed by atoms with E-state index in [1.165, 1.54) is 18.3 Å². The smallest absolute Gasteiger partial charge is 0.291 e. The van der Waals surface area contributed by atoms with Crippen molar-refractivity contribution in [1.82, 2.24) is 15.3 Å². The fourth-order valence-electron chi connectivity index (χ4n) is 1.93. The number of aryl methyl sites for hydroxylation is 1. The maximum Gasteiger partial charge on any atom is 0.327 e. The van der Waals surface area contributed by atoms with Gasteiger partial charge in [0.05, 0.1) is 33.7 Å². The molecular formula is C16H16Cl2N4O2. The van der Waals surface area contributed by atoms with Gasteiger partial charge in [0.1, 0.15) is 0 Å². The Balaban J connectivity index is 1.96. The molecule has 24 heavy (non-hydrogen) atoms. The van der Waals surface area contributed by atoms with E-state index in [1.54, 1.807) is 12.3 Å². The van der Waals surface area contributed by atoms with E-state index in [1.807, 2.05) is 0 Å². The number of halogens is 2. The number of hydrogen-bond acceptors (Lipinski definition) is 4. The van der Waals surface area contributed by atoms with Gasteiger partial charge in [-0.2, -0.15) is 0 Å². The van der Waals surface area contributed by atoms with Gasteiger partial charge in [0.15, 0.2) is 5.82 Å². The Bertz CT molecular complexity index is 715. The second-order valence-corrected chi connectivity index (χ2v) is 5.82. The third-order valence-corrected chi connectivity index (χ3v) is 3.78. The van der Waals surface area contributed by atoms with Gasteiger partial charge in [-0.3, -0.25) is 20.4 Å². The van der Waals surface area contributed by atoms with Crippen LogP contribution >= 0.6 is 23.2 Å². The number of nitrogens with zero attached hydrogens (tertiary/aromatic N) is 2. The molecule has 0 radical (unpaired) electrons. The summed E-state index contributed by atoms with van der Waals surface area (Å²) in [6.45, 7) is 2.09. The minimum absolute atomic E-state index is 0.0389. The van der Waals surface area contributed by atoms with Crippen LogP contribution in [0.4, 0.5) is 10.6 Å². The van der Waals surface area contributed by atoms with Crippen molar-refractivity contribution in [3.8, 4) is 0 Å². The summed E-state index contributed by atoms with van der Waals surface area (Å²) in [7, 11) is 0. The van der Waals surface area contributed by atoms with Crippen LogP contribution in [0, 0.1) is 0 Å². The van der Waals surface area contributed by atoms with Gasteiger partial charge in [-0.05, 0) is 25.0 Å². The number of carbonyl (C=O) groups is 2. The molecule has 1 heterocycles. The monoisotopic (exact) mass is 366 g/mol. The molecule has 0 saturated carbocycles. The molecule has 1 aromatic heterocycles. The summed E-state index contributed by atoms with van der Waals surface area (Å²) < 4.78 is 0. The summed E-state index contributed by atoms with van der Waals surface area (Å²) in [6, 6.07) is 3.89. The second kappa shape index (κ2) is 8.61. The molecule has 1 aromatic carbocycles. The van der Waals surface area contributed by atoms with Crippen LogP contribution < -0.4 is 10.6 Å². The fourth-order valence-corrected chi connectivity index (χ4v) is 2.50. The van der Waals surface area contributed by atoms with Crippen LogP contribution in [0.15, 0.2) is 30.6 Å². The Labute approximate surface area is 149 Å². The molecule has 3 amide bonds. The van der Waals surface area contributed by atoms with E-state index >= 15 is 0 Å². The molecule has 2 rings (SSSR count). The Hall–Kier alpha value is -2.18. The first kappa shape index (κ1) is 18.2. The van der Waals surface area contributed by atoms with Gasteiger partial charge < -0.3 is 0 Å². The number of benzene rings is 1. The predicted octanol–water partition coefficient (Wildman–Crippen LogP) is 4.09. The van der Waals surface area contributed by atoms with Gasteiger partial charge in [-0.15, -0.1) is 0 Å². The van der Waals surface area contributed by atoms with Crippen LogP contribution in [0.2, 0.25) is 10.0 Å². The molecule has 0 saturated heterocycles. The standard InChI is InChI=1S/C16H16Cl2N4O2/c1-2-3-5-10-8-20-13(9-19-10)21-16(24)22-15(23)14-11(17)6-4-7-12(14)18/h4,6-9H,2-3,5H2,1H3,(H2,20,21,22,23,24). The molecule has 0 aliphatic heterocycles. The minimum atomic E-state index is -0.744. The Morgan fingerprint density at radius 3 is 2.42 bits per heavy atom. The molecule has 2 N–H and O–H groups in total. The van der Waals surface area contributed by atoms with Crippen molar-refractivity contribution in [3.63, 3.8) is 0 Å². The Morgan fingerprint density at radius 1 is 1.12 bits per heavy atom. The van der Waals surface area contributed by atoms with Gasteiger partial charge in [0.25, 0.3) is 5.91 Å². The van der Waals surface area contributed by atoms with Crippen molar-refractivity contribution in [3.05, 3.63) is 51.9 Å². The summed E-state index contributed by atoms with van der Waals surface area (Å²) in [6.07, 6.45) is 5.96. The molecule has 0 unspecified atom stereocenters. The number of hydrogen-bond donors (Lipinski definition) is 2. The number of anilines is 1. The lowest BCUT2D eigenvalue weighted by atomic mass is 10.2. The first-order valence-corrected chi connectivity index (χ1v) is 8.14. The average molecular weight is 367 g/mol. The van der Waals surface area contributed by atoms with E-state index in [0.717, 1.165) is 25.0 Å². The van der Waals surface area contributed by atoms with Crippen molar-refractivity contribution in [1.29, 1.82) is 0 Å². The number of carbonyl (C=O) groups excluding carboxylic acids is 2. The lowest BCUT2D eigenvalue weighted by Crippen LogP contribution is -2.35. The maximum atomic E-state index is 12.1. The van der Waals surface area contributed by atoms with E-state index < -0.39 is 11.9 Å². The minimum Gasteiger partial charge on any atom is -0.291 e. The van der Waals surface area contributed by atoms with Crippen molar-refractivity contribution >= 4 is 41.0 Å². The Kier molecular flexibility index (Phi) is 6.52. The van der Waals surface area contributed by atoms with Crippen molar-refractivity contribution in [2.45, 2.75) is 26.2 Å². The highest BCUT2D eigenvalue weighted by atomic mass is 35.5. The zero-order valence-corrected chi connectivity index (χ0v) is 14.5. The topological polar surface area (TPSA) is 84.0 Å². The molecule has 0 aliphatic rings. The zero-order chi connectivity index (χ0) is 17.5. The fraction of sp³-hybridized carbons (Fsp3) is 0.250. The van der Waals surface area contributed by atoms with Gasteiger partial charge in [0.2, 0.25) is 0 Å². The number of urea groups is 1. The van der Waals surface area contributed by atoms with E-state index in [4.69, 9.17) is 23.2 Å². The summed E-state index contributed by atoms with van der Waals surface area (Å²) >= 11 is 11.9. The molecule has 0 atom stereocenters. The zero-order valence-electron chi connectivity index (χ0n) is 13.0. The average Bonchev–Trinajstić information content (AvgIpc) is 2.54. The molecule has 0 aliphatic carbocycles. The largest absolute Gasteiger partial charge is 0.327 e. The van der Waals surface area contributed by atoms with Gasteiger partial charge >= 0.3 is 6.03 Å². The van der Waals surface area contributed by atoms with Crippen LogP contribution in [-0.4, -0.2) is 21.9 Å². The van der Waals surface area contributed by atoms with E-state index in [9.17, 15) is 9.59 Å². The summed E-state index contributed by atoms with van der Waals surface area (Å²) in [5.74, 6) is -0.457. The third-order valence-electron chi connectivity index (χ3n) is 3.15. The van der Waals surface area contributed by atoms with Gasteiger partial charge in [-0.25, -0.2) is 9.78 Å². The molecule has 8 heteroatoms. The molecule has 0 bridgehead atoms. The highest BCUT2D eigenvalue weighted by Gasteiger charge is 2.17. The number of amides is 3. The molecular weight excluding hydrogens is 351 g/mol. The summed E-state index contributed by atoms with van der Waals surface area (Å²) in [4.78, 5) is 32.3. The van der Waals surface area contributed by atoms with Crippen LogP contribution in [0.3, 0.4) is 0 Å². The lowest BCUT2D eigenvalue weighted by Gasteiger charge is -2.08. The molecule has 0 spiro atoms. The van der Waals surface area contributed by atoms with Crippen molar-refractivity contribution in [2.24, 2.45) is 0 Å². The molecule has 126 valence electrons. The third kappa shape index (κ3) is 4.91. The maximum absolute atomic E-state index is 12.1. The van der Waals surface area contributed by atoms with Crippen molar-refractivity contribution < 1.29 is 9.59 Å². The Morgan fingerprint density at radius 2 is 1.83 bits per heavy atom. The van der Waals surface area contributed by atoms with Crippen LogP contribution in [0.1, 0.15) is 35.8 Å². The summed E-state index contributed by atoms with van der Waals surface area (Å²) in [5, 5.41) is 4.90. The van der Waals surface area contributed by atoms with Crippen molar-refractivity contribution in [2.75, 3.05) is 5.32 Å². The second-order valence-electron chi connectivity index (χ2n) is 5.00. The van der Waals surface area contributed by atoms with Crippen LogP contribution in [0.25, 0.3) is 0 Å². The van der Waals surface area contributed by atoms with E-state index in [0.29, 0.717) is 0 Å².